The van der Waals surface area contributed by atoms with E-state index in [1.54, 1.807) is 19.1 Å². The number of nitrogens with zero attached hydrogens (tertiary/aromatic N) is 6. The van der Waals surface area contributed by atoms with Gasteiger partial charge >= 0.3 is 5.97 Å². The normalized spacial score (nSPS) is 15.3. The molecule has 0 aliphatic carbocycles. The Morgan fingerprint density at radius 3 is 1.98 bits per heavy atom. The van der Waals surface area contributed by atoms with Crippen LogP contribution in [0.5, 0.6) is 5.75 Å². The third kappa shape index (κ3) is 6.66. The molecule has 14 heteroatoms. The minimum absolute atomic E-state index is 0.261. The number of hydrogen-bond acceptors (Lipinski definition) is 10. The lowest BCUT2D eigenvalue weighted by atomic mass is 10.0. The molecule has 1 aliphatic rings. The molecule has 4 aromatic rings. The maximum Gasteiger partial charge on any atom is 0.339 e. The SMILES string of the molecule is CC1=NN(c2ccc(S(=O)(=O)O)cc2)C(=O)C1N=Nc1ccc(-c2ccc(N=Nc3ccc(O)c(C(=O)O)c3)c(C)c2)cc1C. The fraction of sp³-hybridized carbons (Fsp3) is 0.129. The van der Waals surface area contributed by atoms with E-state index in [9.17, 15) is 32.8 Å². The van der Waals surface area contributed by atoms with Crippen LogP contribution in [0.3, 0.4) is 0 Å². The molecule has 0 spiro atoms. The smallest absolute Gasteiger partial charge is 0.339 e. The molecule has 13 nitrogen and oxygen atoms in total. The number of anilines is 1. The summed E-state index contributed by atoms with van der Waals surface area (Å²) in [5, 5.41) is 41.1. The lowest BCUT2D eigenvalue weighted by molar-refractivity contribution is -0.117. The first kappa shape index (κ1) is 30.8. The number of benzene rings is 4. The Balaban J connectivity index is 1.29. The van der Waals surface area contributed by atoms with Gasteiger partial charge < -0.3 is 10.2 Å². The van der Waals surface area contributed by atoms with E-state index in [1.165, 1.54) is 42.5 Å². The quantitative estimate of drug-likeness (QED) is 0.139. The maximum absolute atomic E-state index is 13.0. The summed E-state index contributed by atoms with van der Waals surface area (Å²) in [6.45, 7) is 5.39. The van der Waals surface area contributed by atoms with Crippen LogP contribution in [0.1, 0.15) is 28.4 Å². The number of amides is 1. The van der Waals surface area contributed by atoms with Crippen molar-refractivity contribution in [2.45, 2.75) is 31.7 Å². The van der Waals surface area contributed by atoms with E-state index >= 15 is 0 Å². The molecule has 0 fully saturated rings. The summed E-state index contributed by atoms with van der Waals surface area (Å²) in [5.41, 5.74) is 5.40. The molecule has 1 amide bonds. The van der Waals surface area contributed by atoms with E-state index in [4.69, 9.17) is 0 Å². The summed E-state index contributed by atoms with van der Waals surface area (Å²) < 4.78 is 31.8. The van der Waals surface area contributed by atoms with Gasteiger partial charge in [0.1, 0.15) is 11.3 Å². The Hall–Kier alpha value is -5.60. The second-order valence-corrected chi connectivity index (χ2v) is 11.6. The first-order valence-corrected chi connectivity index (χ1v) is 14.8. The highest BCUT2D eigenvalue weighted by atomic mass is 32.2. The summed E-state index contributed by atoms with van der Waals surface area (Å²) in [4.78, 5) is 24.0. The molecule has 1 atom stereocenters. The summed E-state index contributed by atoms with van der Waals surface area (Å²) in [6.07, 6.45) is 0. The van der Waals surface area contributed by atoms with Crippen molar-refractivity contribution in [3.63, 3.8) is 0 Å². The van der Waals surface area contributed by atoms with Gasteiger partial charge in [-0.25, -0.2) is 4.79 Å². The first-order valence-electron chi connectivity index (χ1n) is 13.4. The average Bonchev–Trinajstić information content (AvgIpc) is 3.28. The molecule has 0 saturated heterocycles. The van der Waals surface area contributed by atoms with Gasteiger partial charge in [0.05, 0.1) is 33.4 Å². The third-order valence-electron chi connectivity index (χ3n) is 6.97. The highest BCUT2D eigenvalue weighted by Crippen LogP contribution is 2.32. The Morgan fingerprint density at radius 2 is 1.42 bits per heavy atom. The molecular weight excluding hydrogens is 600 g/mol. The Bertz CT molecular complexity index is 2040. The predicted molar refractivity (Wildman–Crippen MR) is 166 cm³/mol. The number of aryl methyl sites for hydroxylation is 2. The average molecular weight is 627 g/mol. The minimum atomic E-state index is -4.37. The van der Waals surface area contributed by atoms with Crippen molar-refractivity contribution >= 4 is 50.5 Å². The van der Waals surface area contributed by atoms with Gasteiger partial charge in [0.15, 0.2) is 6.04 Å². The summed E-state index contributed by atoms with van der Waals surface area (Å²) in [5.74, 6) is -2.07. The largest absolute Gasteiger partial charge is 0.507 e. The number of aromatic hydroxyl groups is 1. The number of carboxylic acids is 1. The van der Waals surface area contributed by atoms with Gasteiger partial charge in [0, 0.05) is 0 Å². The molecule has 3 N–H and O–H groups in total. The molecular formula is C31H26N6O7S. The summed E-state index contributed by atoms with van der Waals surface area (Å²) in [6, 6.07) is 19.3. The van der Waals surface area contributed by atoms with E-state index in [0.29, 0.717) is 22.8 Å². The van der Waals surface area contributed by atoms with Crippen molar-refractivity contribution in [1.82, 2.24) is 0 Å². The van der Waals surface area contributed by atoms with Crippen LogP contribution in [0.15, 0.2) is 109 Å². The zero-order valence-electron chi connectivity index (χ0n) is 24.1. The van der Waals surface area contributed by atoms with E-state index in [1.807, 2.05) is 38.1 Å². The number of carbonyl (C=O) groups excluding carboxylic acids is 1. The predicted octanol–water partition coefficient (Wildman–Crippen LogP) is 6.91. The molecule has 0 bridgehead atoms. The van der Waals surface area contributed by atoms with Gasteiger partial charge in [0.2, 0.25) is 0 Å². The molecule has 228 valence electrons. The Labute approximate surface area is 257 Å². The Morgan fingerprint density at radius 1 is 0.822 bits per heavy atom. The molecule has 45 heavy (non-hydrogen) atoms. The van der Waals surface area contributed by atoms with E-state index in [2.05, 4.69) is 25.6 Å². The van der Waals surface area contributed by atoms with Gasteiger partial charge in [0.25, 0.3) is 16.0 Å². The van der Waals surface area contributed by atoms with Crippen LogP contribution in [-0.2, 0) is 14.9 Å². The molecule has 0 saturated carbocycles. The summed E-state index contributed by atoms with van der Waals surface area (Å²) in [7, 11) is -4.37. The van der Waals surface area contributed by atoms with E-state index in [-0.39, 0.29) is 21.9 Å². The maximum atomic E-state index is 13.0. The van der Waals surface area contributed by atoms with Crippen molar-refractivity contribution < 1.29 is 32.8 Å². The van der Waals surface area contributed by atoms with Crippen molar-refractivity contribution in [2.75, 3.05) is 5.01 Å². The lowest BCUT2D eigenvalue weighted by Crippen LogP contribution is -2.29. The van der Waals surface area contributed by atoms with E-state index in [0.717, 1.165) is 27.3 Å². The van der Waals surface area contributed by atoms with Crippen LogP contribution in [0.2, 0.25) is 0 Å². The third-order valence-corrected chi connectivity index (χ3v) is 7.83. The van der Waals surface area contributed by atoms with Gasteiger partial charge in [-0.3, -0.25) is 9.35 Å². The monoisotopic (exact) mass is 626 g/mol. The highest BCUT2D eigenvalue weighted by molar-refractivity contribution is 7.85. The van der Waals surface area contributed by atoms with Gasteiger partial charge in [-0.2, -0.15) is 39.0 Å². The zero-order valence-corrected chi connectivity index (χ0v) is 25.0. The van der Waals surface area contributed by atoms with Gasteiger partial charge in [-0.15, -0.1) is 0 Å². The Kier molecular flexibility index (Phi) is 8.35. The number of carboxylic acid groups (broad SMARTS) is 1. The highest BCUT2D eigenvalue weighted by Gasteiger charge is 2.35. The van der Waals surface area contributed by atoms with Gasteiger partial charge in [-0.05, 0) is 110 Å². The standard InChI is InChI=1S/C31H26N6O7S/c1-17-14-20(4-11-26(17)33-32-22-6-13-28(38)25(16-22)31(40)41)21-5-12-27(18(2)15-21)34-35-29-19(3)36-37(30(29)39)23-7-9-24(10-8-23)45(42,43)44/h4-16,29,38H,1-3H3,(H,40,41)(H,42,43,44). The van der Waals surface area contributed by atoms with Crippen molar-refractivity contribution in [1.29, 1.82) is 0 Å². The van der Waals surface area contributed by atoms with Crippen molar-refractivity contribution in [3.8, 4) is 16.9 Å². The molecule has 1 unspecified atom stereocenters. The van der Waals surface area contributed by atoms with Crippen molar-refractivity contribution in [3.05, 3.63) is 95.6 Å². The second-order valence-electron chi connectivity index (χ2n) is 10.2. The van der Waals surface area contributed by atoms with Crippen LogP contribution >= 0.6 is 0 Å². The summed E-state index contributed by atoms with van der Waals surface area (Å²) >= 11 is 0. The molecule has 1 heterocycles. The van der Waals surface area contributed by atoms with Gasteiger partial charge in [-0.1, -0.05) is 12.1 Å². The number of carbonyl (C=O) groups is 2. The molecule has 0 radical (unpaired) electrons. The fourth-order valence-corrected chi connectivity index (χ4v) is 5.00. The van der Waals surface area contributed by atoms with Crippen LogP contribution in [0.4, 0.5) is 22.7 Å². The molecule has 1 aliphatic heterocycles. The number of rotatable bonds is 8. The number of aromatic carboxylic acids is 1. The number of hydrazone groups is 1. The first-order chi connectivity index (χ1) is 21.3. The number of phenols is 1. The fourth-order valence-electron chi connectivity index (χ4n) is 4.52. The van der Waals surface area contributed by atoms with Crippen LogP contribution < -0.4 is 5.01 Å². The molecule has 0 aromatic heterocycles. The van der Waals surface area contributed by atoms with Crippen LogP contribution in [-0.4, -0.2) is 46.8 Å². The van der Waals surface area contributed by atoms with Crippen LogP contribution in [0.25, 0.3) is 11.1 Å². The van der Waals surface area contributed by atoms with E-state index < -0.39 is 28.0 Å². The number of hydrogen-bond donors (Lipinski definition) is 3. The minimum Gasteiger partial charge on any atom is -0.507 e. The topological polar surface area (TPSA) is 194 Å². The molecule has 4 aromatic carbocycles. The lowest BCUT2D eigenvalue weighted by Gasteiger charge is -2.12. The number of azo groups is 2. The second kappa shape index (κ2) is 12.2. The zero-order chi connectivity index (χ0) is 32.5. The van der Waals surface area contributed by atoms with Crippen LogP contribution in [0, 0.1) is 13.8 Å². The molecule has 5 rings (SSSR count). The van der Waals surface area contributed by atoms with Crippen molar-refractivity contribution in [2.24, 2.45) is 25.6 Å².